The molecule has 0 aliphatic carbocycles. The third kappa shape index (κ3) is 8.47. The number of benzene rings is 3. The van der Waals surface area contributed by atoms with Gasteiger partial charge in [-0.25, -0.2) is 12.8 Å². The summed E-state index contributed by atoms with van der Waals surface area (Å²) in [6.07, 6.45) is 0.306. The summed E-state index contributed by atoms with van der Waals surface area (Å²) in [7, 11) is -1.57. The normalized spacial score (nSPS) is 12.0. The summed E-state index contributed by atoms with van der Waals surface area (Å²) >= 11 is 0. The van der Waals surface area contributed by atoms with E-state index in [1.165, 1.54) is 49.5 Å². The van der Waals surface area contributed by atoms with Crippen molar-refractivity contribution >= 4 is 27.5 Å². The van der Waals surface area contributed by atoms with E-state index in [9.17, 15) is 22.4 Å². The maximum Gasteiger partial charge on any atom is 0.264 e. The quantitative estimate of drug-likeness (QED) is 0.277. The largest absolute Gasteiger partial charge is 0.493 e. The summed E-state index contributed by atoms with van der Waals surface area (Å²) in [4.78, 5) is 28.7. The van der Waals surface area contributed by atoms with Crippen molar-refractivity contribution in [3.63, 3.8) is 0 Å². The molecule has 2 amide bonds. The second kappa shape index (κ2) is 14.9. The Balaban J connectivity index is 2.08. The number of ether oxygens (including phenoxy) is 2. The molecule has 11 heteroatoms. The van der Waals surface area contributed by atoms with Crippen LogP contribution in [0.4, 0.5) is 10.1 Å². The Morgan fingerprint density at radius 1 is 0.930 bits per heavy atom. The molecule has 3 aromatic rings. The van der Waals surface area contributed by atoms with Gasteiger partial charge in [0.05, 0.1) is 24.8 Å². The first kappa shape index (κ1) is 33.4. The van der Waals surface area contributed by atoms with Gasteiger partial charge >= 0.3 is 0 Å². The summed E-state index contributed by atoms with van der Waals surface area (Å²) < 4.78 is 53.5. The fourth-order valence-electron chi connectivity index (χ4n) is 4.47. The third-order valence-corrected chi connectivity index (χ3v) is 8.65. The first-order chi connectivity index (χ1) is 20.4. The van der Waals surface area contributed by atoms with Gasteiger partial charge < -0.3 is 19.7 Å². The van der Waals surface area contributed by atoms with Crippen molar-refractivity contribution in [2.24, 2.45) is 5.92 Å². The predicted octanol–water partition coefficient (Wildman–Crippen LogP) is 4.93. The van der Waals surface area contributed by atoms with Crippen molar-refractivity contribution in [3.05, 3.63) is 83.7 Å². The van der Waals surface area contributed by atoms with Crippen molar-refractivity contribution in [2.75, 3.05) is 31.6 Å². The summed E-state index contributed by atoms with van der Waals surface area (Å²) in [6.45, 7) is 7.56. The summed E-state index contributed by atoms with van der Waals surface area (Å²) in [5.41, 5.74) is 1.90. The van der Waals surface area contributed by atoms with E-state index in [1.807, 2.05) is 45.0 Å². The number of aryl methyl sites for hydroxylation is 1. The number of hydrogen-bond donors (Lipinski definition) is 1. The van der Waals surface area contributed by atoms with Gasteiger partial charge in [-0.2, -0.15) is 0 Å². The van der Waals surface area contributed by atoms with Crippen LogP contribution < -0.4 is 19.1 Å². The first-order valence-electron chi connectivity index (χ1n) is 14.0. The highest BCUT2D eigenvalue weighted by Crippen LogP contribution is 2.32. The van der Waals surface area contributed by atoms with Gasteiger partial charge in [-0.15, -0.1) is 0 Å². The van der Waals surface area contributed by atoms with E-state index in [0.29, 0.717) is 18.7 Å². The molecule has 1 N–H and O–H groups in total. The topological polar surface area (TPSA) is 105 Å². The number of nitrogens with zero attached hydrogens (tertiary/aromatic N) is 2. The molecule has 0 aliphatic rings. The lowest BCUT2D eigenvalue weighted by Crippen LogP contribution is -2.52. The Labute approximate surface area is 253 Å². The van der Waals surface area contributed by atoms with E-state index in [0.717, 1.165) is 27.6 Å². The standard InChI is InChI=1S/C32H40FN3O6S/c1-7-28(32(38)34-19-22(2)3)35(20-24-10-8-23(4)9-11-24)31(37)21-36(26-14-12-25(33)13-15-26)43(39,40)27-16-17-29(41-5)30(18-27)42-6/h8-18,22,28H,7,19-21H2,1-6H3,(H,34,38). The van der Waals surface area contributed by atoms with Gasteiger partial charge in [0.15, 0.2) is 11.5 Å². The molecule has 0 aliphatic heterocycles. The van der Waals surface area contributed by atoms with Gasteiger partial charge in [0.25, 0.3) is 10.0 Å². The van der Waals surface area contributed by atoms with E-state index < -0.39 is 34.3 Å². The zero-order valence-corrected chi connectivity index (χ0v) is 26.3. The molecule has 232 valence electrons. The number of carbonyl (C=O) groups excluding carboxylic acids is 2. The Bertz CT molecular complexity index is 1490. The monoisotopic (exact) mass is 613 g/mol. The van der Waals surface area contributed by atoms with E-state index in [4.69, 9.17) is 9.47 Å². The molecule has 1 unspecified atom stereocenters. The minimum Gasteiger partial charge on any atom is -0.493 e. The van der Waals surface area contributed by atoms with Gasteiger partial charge in [-0.1, -0.05) is 50.6 Å². The summed E-state index contributed by atoms with van der Waals surface area (Å²) in [5, 5.41) is 2.90. The van der Waals surface area contributed by atoms with Gasteiger partial charge in [-0.05, 0) is 61.2 Å². The maximum absolute atomic E-state index is 14.1. The molecule has 43 heavy (non-hydrogen) atoms. The van der Waals surface area contributed by atoms with Crippen LogP contribution in [0.3, 0.4) is 0 Å². The van der Waals surface area contributed by atoms with E-state index in [1.54, 1.807) is 6.92 Å². The number of carbonyl (C=O) groups is 2. The summed E-state index contributed by atoms with van der Waals surface area (Å²) in [5.74, 6) is -0.778. The fraction of sp³-hybridized carbons (Fsp3) is 0.375. The number of methoxy groups -OCH3 is 2. The molecule has 1 atom stereocenters. The molecular weight excluding hydrogens is 573 g/mol. The number of sulfonamides is 1. The average Bonchev–Trinajstić information content (AvgIpc) is 2.99. The minimum atomic E-state index is -4.38. The van der Waals surface area contributed by atoms with Crippen LogP contribution in [0.5, 0.6) is 11.5 Å². The number of anilines is 1. The highest BCUT2D eigenvalue weighted by molar-refractivity contribution is 7.92. The van der Waals surface area contributed by atoms with Crippen LogP contribution in [0.2, 0.25) is 0 Å². The molecule has 0 heterocycles. The Morgan fingerprint density at radius 2 is 1.56 bits per heavy atom. The number of rotatable bonds is 14. The van der Waals surface area contributed by atoms with Crippen molar-refractivity contribution in [1.29, 1.82) is 0 Å². The van der Waals surface area contributed by atoms with E-state index in [2.05, 4.69) is 5.32 Å². The molecule has 3 rings (SSSR count). The van der Waals surface area contributed by atoms with Crippen LogP contribution in [-0.2, 0) is 26.2 Å². The van der Waals surface area contributed by atoms with Crippen molar-refractivity contribution in [3.8, 4) is 11.5 Å². The van der Waals surface area contributed by atoms with Crippen LogP contribution in [0, 0.1) is 18.7 Å². The lowest BCUT2D eigenvalue weighted by molar-refractivity contribution is -0.140. The average molecular weight is 614 g/mol. The van der Waals surface area contributed by atoms with Gasteiger partial charge in [0, 0.05) is 19.2 Å². The molecular formula is C32H40FN3O6S. The number of halogens is 1. The molecule has 0 aromatic heterocycles. The minimum absolute atomic E-state index is 0.0807. The highest BCUT2D eigenvalue weighted by Gasteiger charge is 2.34. The van der Waals surface area contributed by atoms with E-state index in [-0.39, 0.29) is 34.7 Å². The van der Waals surface area contributed by atoms with Gasteiger partial charge in [-0.3, -0.25) is 13.9 Å². The number of hydrogen-bond acceptors (Lipinski definition) is 6. The van der Waals surface area contributed by atoms with Crippen molar-refractivity contribution in [2.45, 2.75) is 51.6 Å². The van der Waals surface area contributed by atoms with Crippen LogP contribution in [0.25, 0.3) is 0 Å². The van der Waals surface area contributed by atoms with Crippen molar-refractivity contribution in [1.82, 2.24) is 10.2 Å². The lowest BCUT2D eigenvalue weighted by Gasteiger charge is -2.33. The predicted molar refractivity (Wildman–Crippen MR) is 164 cm³/mol. The smallest absolute Gasteiger partial charge is 0.264 e. The Kier molecular flexibility index (Phi) is 11.5. The van der Waals surface area contributed by atoms with Crippen LogP contribution in [0.1, 0.15) is 38.3 Å². The molecule has 0 spiro atoms. The zero-order valence-electron chi connectivity index (χ0n) is 25.5. The van der Waals surface area contributed by atoms with Crippen molar-refractivity contribution < 1.29 is 31.9 Å². The highest BCUT2D eigenvalue weighted by atomic mass is 32.2. The number of nitrogens with one attached hydrogen (secondary N) is 1. The van der Waals surface area contributed by atoms with Gasteiger partial charge in [0.2, 0.25) is 11.8 Å². The van der Waals surface area contributed by atoms with Crippen LogP contribution >= 0.6 is 0 Å². The first-order valence-corrected chi connectivity index (χ1v) is 15.5. The van der Waals surface area contributed by atoms with Crippen LogP contribution in [0.15, 0.2) is 71.6 Å². The molecule has 3 aromatic carbocycles. The van der Waals surface area contributed by atoms with Crippen LogP contribution in [-0.4, -0.2) is 58.5 Å². The molecule has 0 saturated carbocycles. The fourth-order valence-corrected chi connectivity index (χ4v) is 5.90. The second-order valence-electron chi connectivity index (χ2n) is 10.6. The second-order valence-corrected chi connectivity index (χ2v) is 12.4. The molecule has 0 fully saturated rings. The van der Waals surface area contributed by atoms with Gasteiger partial charge in [0.1, 0.15) is 18.4 Å². The molecule has 0 saturated heterocycles. The third-order valence-electron chi connectivity index (χ3n) is 6.88. The number of amides is 2. The SMILES string of the molecule is CCC(C(=O)NCC(C)C)N(Cc1ccc(C)cc1)C(=O)CN(c1ccc(F)cc1)S(=O)(=O)c1ccc(OC)c(OC)c1. The summed E-state index contributed by atoms with van der Waals surface area (Å²) in [6, 6.07) is 15.6. The molecule has 0 radical (unpaired) electrons. The lowest BCUT2D eigenvalue weighted by atomic mass is 10.1. The maximum atomic E-state index is 14.1. The Morgan fingerprint density at radius 3 is 2.12 bits per heavy atom. The Hall–Kier alpha value is -4.12. The molecule has 9 nitrogen and oxygen atoms in total. The van der Waals surface area contributed by atoms with E-state index >= 15 is 0 Å². The zero-order chi connectivity index (χ0) is 31.7. The molecule has 0 bridgehead atoms.